The van der Waals surface area contributed by atoms with Gasteiger partial charge in [0.05, 0.1) is 5.41 Å². The molecule has 25 heavy (non-hydrogen) atoms. The first-order chi connectivity index (χ1) is 12.1. The molecule has 1 aromatic rings. The van der Waals surface area contributed by atoms with Crippen molar-refractivity contribution in [3.8, 4) is 0 Å². The molecule has 0 bridgehead atoms. The molecule has 3 heterocycles. The Bertz CT molecular complexity index is 664. The SMILES string of the molecule is O=C(c1ccc(CO)o1)N1CC[C@]2(CCCN(C3CCCC3)C2=O)C1. The quantitative estimate of drug-likeness (QED) is 0.910. The Morgan fingerprint density at radius 2 is 2.00 bits per heavy atom. The first kappa shape index (κ1) is 16.6. The number of hydrogen-bond donors (Lipinski definition) is 1. The topological polar surface area (TPSA) is 74.0 Å². The Hall–Kier alpha value is -1.82. The van der Waals surface area contributed by atoms with Crippen LogP contribution in [0.4, 0.5) is 0 Å². The summed E-state index contributed by atoms with van der Waals surface area (Å²) in [6, 6.07) is 3.63. The van der Waals surface area contributed by atoms with Crippen molar-refractivity contribution in [1.82, 2.24) is 9.80 Å². The van der Waals surface area contributed by atoms with E-state index in [2.05, 4.69) is 4.90 Å². The Balaban J connectivity index is 1.48. The lowest BCUT2D eigenvalue weighted by Gasteiger charge is -2.42. The smallest absolute Gasteiger partial charge is 0.289 e. The van der Waals surface area contributed by atoms with Gasteiger partial charge >= 0.3 is 0 Å². The van der Waals surface area contributed by atoms with Crippen molar-refractivity contribution in [2.45, 2.75) is 57.6 Å². The van der Waals surface area contributed by atoms with Crippen LogP contribution in [0.1, 0.15) is 61.3 Å². The number of aliphatic hydroxyl groups is 1. The summed E-state index contributed by atoms with van der Waals surface area (Å²) >= 11 is 0. The summed E-state index contributed by atoms with van der Waals surface area (Å²) in [7, 11) is 0. The number of piperidine rings is 1. The molecule has 1 aliphatic carbocycles. The van der Waals surface area contributed by atoms with Crippen LogP contribution >= 0.6 is 0 Å². The van der Waals surface area contributed by atoms with Crippen molar-refractivity contribution in [3.63, 3.8) is 0 Å². The molecule has 1 atom stereocenters. The van der Waals surface area contributed by atoms with E-state index in [-0.39, 0.29) is 24.2 Å². The summed E-state index contributed by atoms with van der Waals surface area (Å²) in [4.78, 5) is 29.8. The van der Waals surface area contributed by atoms with Gasteiger partial charge in [-0.15, -0.1) is 0 Å². The van der Waals surface area contributed by atoms with E-state index in [1.54, 1.807) is 17.0 Å². The van der Waals surface area contributed by atoms with E-state index in [0.29, 0.717) is 24.9 Å². The number of rotatable bonds is 3. The second-order valence-corrected chi connectivity index (χ2v) is 7.72. The van der Waals surface area contributed by atoms with Gasteiger partial charge in [-0.1, -0.05) is 12.8 Å². The largest absolute Gasteiger partial charge is 0.453 e. The number of furan rings is 1. The highest BCUT2D eigenvalue weighted by Crippen LogP contribution is 2.42. The number of amides is 2. The second-order valence-electron chi connectivity index (χ2n) is 7.72. The van der Waals surface area contributed by atoms with Crippen LogP contribution in [0.25, 0.3) is 0 Å². The van der Waals surface area contributed by atoms with E-state index in [0.717, 1.165) is 38.6 Å². The molecule has 1 aromatic heterocycles. The minimum absolute atomic E-state index is 0.178. The van der Waals surface area contributed by atoms with E-state index >= 15 is 0 Å². The lowest BCUT2D eigenvalue weighted by atomic mass is 9.77. The highest BCUT2D eigenvalue weighted by atomic mass is 16.4. The maximum atomic E-state index is 13.2. The standard InChI is InChI=1S/C19H26N2O4/c22-12-15-6-7-16(25-15)17(23)20-11-9-19(13-20)8-3-10-21(18(19)24)14-4-1-2-5-14/h6-7,14,22H,1-5,8-13H2/t19-/m1/s1. The second kappa shape index (κ2) is 6.48. The van der Waals surface area contributed by atoms with Gasteiger partial charge < -0.3 is 19.3 Å². The maximum absolute atomic E-state index is 13.2. The summed E-state index contributed by atoms with van der Waals surface area (Å²) in [6.07, 6.45) is 7.34. The molecule has 1 spiro atoms. The van der Waals surface area contributed by atoms with Crippen molar-refractivity contribution < 1.29 is 19.1 Å². The highest BCUT2D eigenvalue weighted by Gasteiger charge is 2.51. The Morgan fingerprint density at radius 3 is 2.72 bits per heavy atom. The molecule has 6 nitrogen and oxygen atoms in total. The molecule has 4 rings (SSSR count). The van der Waals surface area contributed by atoms with Crippen molar-refractivity contribution >= 4 is 11.8 Å². The molecule has 0 unspecified atom stereocenters. The van der Waals surface area contributed by atoms with Gasteiger partial charge in [0.1, 0.15) is 12.4 Å². The number of aliphatic hydroxyl groups excluding tert-OH is 1. The van der Waals surface area contributed by atoms with Crippen LogP contribution in [0.5, 0.6) is 0 Å². The summed E-state index contributed by atoms with van der Waals surface area (Å²) in [5, 5.41) is 9.10. The molecule has 1 saturated carbocycles. The van der Waals surface area contributed by atoms with Crippen LogP contribution in [0.3, 0.4) is 0 Å². The monoisotopic (exact) mass is 346 g/mol. The van der Waals surface area contributed by atoms with Crippen molar-refractivity contribution in [2.75, 3.05) is 19.6 Å². The molecule has 2 amide bonds. The Kier molecular flexibility index (Phi) is 4.31. The third kappa shape index (κ3) is 2.86. The lowest BCUT2D eigenvalue weighted by molar-refractivity contribution is -0.148. The van der Waals surface area contributed by atoms with Gasteiger partial charge in [-0.2, -0.15) is 0 Å². The zero-order valence-corrected chi connectivity index (χ0v) is 14.6. The van der Waals surface area contributed by atoms with Crippen LogP contribution < -0.4 is 0 Å². The van der Waals surface area contributed by atoms with Crippen LogP contribution in [0.2, 0.25) is 0 Å². The summed E-state index contributed by atoms with van der Waals surface area (Å²) in [5.74, 6) is 0.717. The predicted molar refractivity (Wildman–Crippen MR) is 90.8 cm³/mol. The fourth-order valence-corrected chi connectivity index (χ4v) is 4.82. The molecule has 2 aliphatic heterocycles. The van der Waals surface area contributed by atoms with E-state index < -0.39 is 5.41 Å². The minimum Gasteiger partial charge on any atom is -0.453 e. The van der Waals surface area contributed by atoms with Gasteiger partial charge in [0.2, 0.25) is 5.91 Å². The van der Waals surface area contributed by atoms with E-state index in [9.17, 15) is 9.59 Å². The first-order valence-corrected chi connectivity index (χ1v) is 9.43. The van der Waals surface area contributed by atoms with Crippen LogP contribution in [0, 0.1) is 5.41 Å². The number of likely N-dealkylation sites (tertiary alicyclic amines) is 2. The van der Waals surface area contributed by atoms with Crippen LogP contribution in [-0.2, 0) is 11.4 Å². The Morgan fingerprint density at radius 1 is 1.20 bits per heavy atom. The molecule has 1 N–H and O–H groups in total. The van der Waals surface area contributed by atoms with Gasteiger partial charge in [0.15, 0.2) is 5.76 Å². The maximum Gasteiger partial charge on any atom is 0.289 e. The van der Waals surface area contributed by atoms with Crippen molar-refractivity contribution in [2.24, 2.45) is 5.41 Å². The van der Waals surface area contributed by atoms with Crippen LogP contribution in [-0.4, -0.2) is 52.4 Å². The van der Waals surface area contributed by atoms with Gasteiger partial charge in [-0.05, 0) is 44.2 Å². The van der Waals surface area contributed by atoms with E-state index in [4.69, 9.17) is 9.52 Å². The van der Waals surface area contributed by atoms with E-state index in [1.165, 1.54) is 12.8 Å². The molecule has 6 heteroatoms. The number of carbonyl (C=O) groups excluding carboxylic acids is 2. The average Bonchev–Trinajstić information content (AvgIpc) is 3.38. The van der Waals surface area contributed by atoms with E-state index in [1.807, 2.05) is 0 Å². The lowest BCUT2D eigenvalue weighted by Crippen LogP contribution is -2.53. The normalized spacial score (nSPS) is 27.6. The molecular weight excluding hydrogens is 320 g/mol. The zero-order valence-electron chi connectivity index (χ0n) is 14.6. The summed E-state index contributed by atoms with van der Waals surface area (Å²) in [5.41, 5.74) is -0.400. The van der Waals surface area contributed by atoms with Gasteiger partial charge in [-0.25, -0.2) is 0 Å². The van der Waals surface area contributed by atoms with Crippen molar-refractivity contribution in [1.29, 1.82) is 0 Å². The summed E-state index contributed by atoms with van der Waals surface area (Å²) < 4.78 is 5.38. The summed E-state index contributed by atoms with van der Waals surface area (Å²) in [6.45, 7) is 1.74. The minimum atomic E-state index is -0.400. The molecule has 3 fully saturated rings. The molecule has 0 aromatic carbocycles. The fourth-order valence-electron chi connectivity index (χ4n) is 4.82. The van der Waals surface area contributed by atoms with Gasteiger partial charge in [0, 0.05) is 25.7 Å². The number of hydrogen-bond acceptors (Lipinski definition) is 4. The molecular formula is C19H26N2O4. The molecule has 0 radical (unpaired) electrons. The molecule has 136 valence electrons. The first-order valence-electron chi connectivity index (χ1n) is 9.43. The average molecular weight is 346 g/mol. The van der Waals surface area contributed by atoms with Crippen molar-refractivity contribution in [3.05, 3.63) is 23.7 Å². The third-order valence-corrected chi connectivity index (χ3v) is 6.20. The number of nitrogens with zero attached hydrogens (tertiary/aromatic N) is 2. The molecule has 3 aliphatic rings. The Labute approximate surface area is 147 Å². The zero-order chi connectivity index (χ0) is 17.4. The van der Waals surface area contributed by atoms with Gasteiger partial charge in [0.25, 0.3) is 5.91 Å². The molecule has 2 saturated heterocycles. The highest BCUT2D eigenvalue weighted by molar-refractivity contribution is 5.93. The third-order valence-electron chi connectivity index (χ3n) is 6.20. The number of carbonyl (C=O) groups is 2. The van der Waals surface area contributed by atoms with Gasteiger partial charge in [-0.3, -0.25) is 9.59 Å². The fraction of sp³-hybridized carbons (Fsp3) is 0.684. The predicted octanol–water partition coefficient (Wildman–Crippen LogP) is 2.17. The van der Waals surface area contributed by atoms with Crippen LogP contribution in [0.15, 0.2) is 16.5 Å².